The van der Waals surface area contributed by atoms with E-state index in [-0.39, 0.29) is 11.1 Å². The summed E-state index contributed by atoms with van der Waals surface area (Å²) in [5, 5.41) is 2.00. The number of hydrogen-bond donors (Lipinski definition) is 1. The number of aromatic nitrogens is 2. The Morgan fingerprint density at radius 2 is 2.25 bits per heavy atom. The van der Waals surface area contributed by atoms with Crippen molar-refractivity contribution in [1.82, 2.24) is 9.55 Å². The summed E-state index contributed by atoms with van der Waals surface area (Å²) in [6.45, 7) is 0. The average molecular weight is 234 g/mol. The lowest BCUT2D eigenvalue weighted by molar-refractivity contribution is 0.956. The Morgan fingerprint density at radius 1 is 1.50 bits per heavy atom. The summed E-state index contributed by atoms with van der Waals surface area (Å²) in [5.41, 5.74) is 6.60. The molecule has 0 aliphatic heterocycles. The number of nitrogen functional groups attached to an aromatic ring is 1. The first kappa shape index (κ1) is 9.42. The van der Waals surface area contributed by atoms with Crippen molar-refractivity contribution >= 4 is 39.1 Å². The highest BCUT2D eigenvalue weighted by Crippen LogP contribution is 2.32. The van der Waals surface area contributed by atoms with Crippen LogP contribution < -0.4 is 11.2 Å². The van der Waals surface area contributed by atoms with E-state index in [1.807, 2.05) is 23.9 Å². The van der Waals surface area contributed by atoms with E-state index in [1.165, 1.54) is 0 Å². The SMILES string of the molecule is Cn1ccc2cnc3c(=O)c(N)c(Cl)c1c23. The lowest BCUT2D eigenvalue weighted by atomic mass is 10.1. The van der Waals surface area contributed by atoms with E-state index < -0.39 is 0 Å². The zero-order valence-corrected chi connectivity index (χ0v) is 9.25. The molecule has 16 heavy (non-hydrogen) atoms. The van der Waals surface area contributed by atoms with E-state index >= 15 is 0 Å². The van der Waals surface area contributed by atoms with Crippen molar-refractivity contribution in [3.8, 4) is 0 Å². The van der Waals surface area contributed by atoms with Crippen molar-refractivity contribution in [1.29, 1.82) is 0 Å². The lowest BCUT2D eigenvalue weighted by Crippen LogP contribution is -2.10. The molecule has 0 fully saturated rings. The molecule has 80 valence electrons. The van der Waals surface area contributed by atoms with Crippen molar-refractivity contribution in [3.63, 3.8) is 0 Å². The highest BCUT2D eigenvalue weighted by molar-refractivity contribution is 6.39. The van der Waals surface area contributed by atoms with Gasteiger partial charge in [-0.3, -0.25) is 9.78 Å². The van der Waals surface area contributed by atoms with Gasteiger partial charge in [-0.1, -0.05) is 11.6 Å². The number of nitrogens with two attached hydrogens (primary N) is 1. The molecule has 0 saturated carbocycles. The fourth-order valence-corrected chi connectivity index (χ4v) is 2.32. The van der Waals surface area contributed by atoms with Crippen LogP contribution in [-0.4, -0.2) is 9.55 Å². The van der Waals surface area contributed by atoms with Gasteiger partial charge in [0.25, 0.3) is 0 Å². The lowest BCUT2D eigenvalue weighted by Gasteiger charge is -2.08. The zero-order valence-electron chi connectivity index (χ0n) is 8.49. The first-order chi connectivity index (χ1) is 7.61. The van der Waals surface area contributed by atoms with Crippen LogP contribution in [-0.2, 0) is 7.05 Å². The number of benzene rings is 1. The van der Waals surface area contributed by atoms with Crippen LogP contribution in [0.1, 0.15) is 0 Å². The summed E-state index contributed by atoms with van der Waals surface area (Å²) in [7, 11) is 1.86. The van der Waals surface area contributed by atoms with E-state index in [2.05, 4.69) is 4.98 Å². The Hall–Kier alpha value is -1.81. The molecule has 4 nitrogen and oxygen atoms in total. The number of anilines is 1. The Kier molecular flexibility index (Phi) is 1.68. The highest BCUT2D eigenvalue weighted by atomic mass is 35.5. The summed E-state index contributed by atoms with van der Waals surface area (Å²) in [6.07, 6.45) is 3.53. The summed E-state index contributed by atoms with van der Waals surface area (Å²) >= 11 is 6.11. The second-order valence-corrected chi connectivity index (χ2v) is 4.15. The topological polar surface area (TPSA) is 60.9 Å². The largest absolute Gasteiger partial charge is 0.394 e. The minimum Gasteiger partial charge on any atom is -0.394 e. The molecule has 0 unspecified atom stereocenters. The molecule has 2 N–H and O–H groups in total. The number of halogens is 1. The van der Waals surface area contributed by atoms with Gasteiger partial charge in [0.15, 0.2) is 0 Å². The molecule has 0 bridgehead atoms. The van der Waals surface area contributed by atoms with E-state index in [1.54, 1.807) is 6.20 Å². The fraction of sp³-hybridized carbons (Fsp3) is 0.0909. The summed E-state index contributed by atoms with van der Waals surface area (Å²) in [5.74, 6) is 0. The molecule has 0 aliphatic rings. The van der Waals surface area contributed by atoms with Gasteiger partial charge in [-0.15, -0.1) is 0 Å². The fourth-order valence-electron chi connectivity index (χ4n) is 2.01. The number of hydrogen-bond acceptors (Lipinski definition) is 3. The minimum atomic E-state index is -0.293. The van der Waals surface area contributed by atoms with E-state index in [0.717, 1.165) is 16.3 Å². The Labute approximate surface area is 95.6 Å². The smallest absolute Gasteiger partial charge is 0.229 e. The van der Waals surface area contributed by atoms with Crippen LogP contribution >= 0.6 is 11.6 Å². The van der Waals surface area contributed by atoms with Crippen LogP contribution in [0.15, 0.2) is 23.3 Å². The maximum Gasteiger partial charge on any atom is 0.229 e. The summed E-state index contributed by atoms with van der Waals surface area (Å²) < 4.78 is 1.84. The first-order valence-electron chi connectivity index (χ1n) is 4.75. The molecule has 0 aliphatic carbocycles. The number of rotatable bonds is 0. The van der Waals surface area contributed by atoms with Gasteiger partial charge in [-0.2, -0.15) is 0 Å². The normalized spacial score (nSPS) is 11.6. The van der Waals surface area contributed by atoms with Crippen molar-refractivity contribution in [3.05, 3.63) is 33.7 Å². The van der Waals surface area contributed by atoms with Crippen LogP contribution in [0.5, 0.6) is 0 Å². The van der Waals surface area contributed by atoms with Crippen LogP contribution in [0.3, 0.4) is 0 Å². The third-order valence-corrected chi connectivity index (χ3v) is 3.21. The number of pyridine rings is 1. The average Bonchev–Trinajstić information content (AvgIpc) is 2.68. The van der Waals surface area contributed by atoms with Gasteiger partial charge in [0.1, 0.15) is 11.2 Å². The van der Waals surface area contributed by atoms with Crippen molar-refractivity contribution in [2.75, 3.05) is 5.73 Å². The van der Waals surface area contributed by atoms with Gasteiger partial charge in [-0.05, 0) is 6.07 Å². The molecule has 2 heterocycles. The molecule has 0 saturated heterocycles. The molecule has 0 amide bonds. The van der Waals surface area contributed by atoms with Gasteiger partial charge >= 0.3 is 0 Å². The Bertz CT molecular complexity index is 763. The Balaban J connectivity index is 2.81. The maximum atomic E-state index is 11.8. The minimum absolute atomic E-state index is 0.0657. The summed E-state index contributed by atoms with van der Waals surface area (Å²) in [4.78, 5) is 15.9. The molecule has 2 aromatic heterocycles. The van der Waals surface area contributed by atoms with Crippen LogP contribution in [0, 0.1) is 0 Å². The van der Waals surface area contributed by atoms with Gasteiger partial charge < -0.3 is 10.3 Å². The molecular formula is C11H8ClN3O. The molecule has 1 aromatic carbocycles. The van der Waals surface area contributed by atoms with Gasteiger partial charge in [0.2, 0.25) is 5.43 Å². The molecule has 0 atom stereocenters. The van der Waals surface area contributed by atoms with Crippen molar-refractivity contribution in [2.24, 2.45) is 7.05 Å². The quantitative estimate of drug-likeness (QED) is 0.602. The second kappa shape index (κ2) is 2.86. The molecule has 0 spiro atoms. The number of nitrogens with zero attached hydrogens (tertiary/aromatic N) is 2. The van der Waals surface area contributed by atoms with E-state index in [0.29, 0.717) is 10.5 Å². The molecule has 3 aromatic rings. The van der Waals surface area contributed by atoms with Crippen molar-refractivity contribution < 1.29 is 0 Å². The van der Waals surface area contributed by atoms with Crippen LogP contribution in [0.4, 0.5) is 5.69 Å². The molecule has 3 rings (SSSR count). The van der Waals surface area contributed by atoms with Gasteiger partial charge in [0.05, 0.1) is 10.5 Å². The monoisotopic (exact) mass is 233 g/mol. The maximum absolute atomic E-state index is 11.8. The number of aryl methyl sites for hydroxylation is 1. The highest BCUT2D eigenvalue weighted by Gasteiger charge is 2.17. The third kappa shape index (κ3) is 0.945. The van der Waals surface area contributed by atoms with E-state index in [9.17, 15) is 4.79 Å². The van der Waals surface area contributed by atoms with Crippen LogP contribution in [0.25, 0.3) is 21.8 Å². The standard InChI is InChI=1S/C11H8ClN3O/c1-15-3-2-5-4-14-9-6(5)10(15)7(12)8(13)11(9)16/h2-4H,13H2,1H3. The molecular weight excluding hydrogens is 226 g/mol. The predicted octanol–water partition coefficient (Wildman–Crippen LogP) is 1.76. The van der Waals surface area contributed by atoms with E-state index in [4.69, 9.17) is 17.3 Å². The second-order valence-electron chi connectivity index (χ2n) is 3.77. The Morgan fingerprint density at radius 3 is 3.00 bits per heavy atom. The molecule has 5 heteroatoms. The van der Waals surface area contributed by atoms with Gasteiger partial charge in [-0.25, -0.2) is 0 Å². The molecule has 0 radical (unpaired) electrons. The van der Waals surface area contributed by atoms with Crippen molar-refractivity contribution in [2.45, 2.75) is 0 Å². The summed E-state index contributed by atoms with van der Waals surface area (Å²) in [6, 6.07) is 1.90. The third-order valence-electron chi connectivity index (χ3n) is 2.83. The van der Waals surface area contributed by atoms with Crippen LogP contribution in [0.2, 0.25) is 5.02 Å². The first-order valence-corrected chi connectivity index (χ1v) is 5.13. The predicted molar refractivity (Wildman–Crippen MR) is 65.1 cm³/mol. The zero-order chi connectivity index (χ0) is 11.4. The van der Waals surface area contributed by atoms with Gasteiger partial charge in [0, 0.05) is 30.2 Å².